The molecule has 0 spiro atoms. The summed E-state index contributed by atoms with van der Waals surface area (Å²) < 4.78 is 0. The molecule has 0 bridgehead atoms. The molecule has 0 heterocycles. The Labute approximate surface area is 78.6 Å². The number of carbonyl (C=O) groups excluding carboxylic acids is 2. The first kappa shape index (κ1) is 9.91. The van der Waals surface area contributed by atoms with Gasteiger partial charge < -0.3 is 10.2 Å². The number of Topliss-reactive ketones (excluding diaryl/α,β-unsaturated/α-hetero) is 2. The van der Waals surface area contributed by atoms with Gasteiger partial charge in [0.2, 0.25) is 5.78 Å². The average Bonchev–Trinajstić information content (AvgIpc) is 2.16. The number of carbonyl (C=O) groups is 3. The molecule has 5 nitrogen and oxygen atoms in total. The Morgan fingerprint density at radius 1 is 1.07 bits per heavy atom. The minimum absolute atomic E-state index is 0.306. The number of hydrogen-bond acceptors (Lipinski definition) is 4. The highest BCUT2D eigenvalue weighted by molar-refractivity contribution is 6.65. The molecule has 1 rings (SSSR count). The van der Waals surface area contributed by atoms with Crippen molar-refractivity contribution < 1.29 is 24.6 Å². The maximum absolute atomic E-state index is 11.1. The van der Waals surface area contributed by atoms with Gasteiger partial charge >= 0.3 is 11.8 Å². The van der Waals surface area contributed by atoms with E-state index in [0.29, 0.717) is 0 Å². The second kappa shape index (κ2) is 3.69. The fraction of sp³-hybridized carbons (Fsp3) is 0. The zero-order valence-corrected chi connectivity index (χ0v) is 6.93. The van der Waals surface area contributed by atoms with Crippen LogP contribution in [0.5, 0.6) is 5.75 Å². The first-order chi connectivity index (χ1) is 6.54. The molecule has 0 aromatic heterocycles. The molecule has 14 heavy (non-hydrogen) atoms. The van der Waals surface area contributed by atoms with Gasteiger partial charge in [0.15, 0.2) is 0 Å². The van der Waals surface area contributed by atoms with E-state index in [0.717, 1.165) is 0 Å². The van der Waals surface area contributed by atoms with Crippen molar-refractivity contribution in [2.24, 2.45) is 0 Å². The van der Waals surface area contributed by atoms with Gasteiger partial charge in [0.25, 0.3) is 0 Å². The number of phenolic OH excluding ortho intramolecular Hbond substituents is 1. The number of rotatable bonds is 3. The summed E-state index contributed by atoms with van der Waals surface area (Å²) in [4.78, 5) is 32.0. The second-order valence-corrected chi connectivity index (χ2v) is 2.48. The van der Waals surface area contributed by atoms with Crippen LogP contribution in [0.4, 0.5) is 0 Å². The van der Waals surface area contributed by atoms with Gasteiger partial charge in [-0.25, -0.2) is 4.79 Å². The Morgan fingerprint density at radius 2 is 1.64 bits per heavy atom. The first-order valence-electron chi connectivity index (χ1n) is 3.64. The molecule has 0 saturated carbocycles. The molecule has 0 aliphatic carbocycles. The van der Waals surface area contributed by atoms with E-state index in [4.69, 9.17) is 10.2 Å². The number of hydrogen-bond donors (Lipinski definition) is 2. The summed E-state index contributed by atoms with van der Waals surface area (Å²) in [5, 5.41) is 17.4. The topological polar surface area (TPSA) is 91.7 Å². The van der Waals surface area contributed by atoms with Crippen LogP contribution in [0.3, 0.4) is 0 Å². The predicted molar refractivity (Wildman–Crippen MR) is 45.1 cm³/mol. The van der Waals surface area contributed by atoms with E-state index in [2.05, 4.69) is 0 Å². The smallest absolute Gasteiger partial charge is 0.380 e. The summed E-state index contributed by atoms with van der Waals surface area (Å²) in [7, 11) is 0. The van der Waals surface area contributed by atoms with Crippen molar-refractivity contribution in [3.05, 3.63) is 29.8 Å². The molecule has 0 atom stereocenters. The molecule has 0 saturated heterocycles. The fourth-order valence-electron chi connectivity index (χ4n) is 0.885. The molecule has 0 radical (unpaired) electrons. The normalized spacial score (nSPS) is 9.43. The van der Waals surface area contributed by atoms with Gasteiger partial charge in [-0.05, 0) is 12.1 Å². The summed E-state index contributed by atoms with van der Waals surface area (Å²) in [5.41, 5.74) is -0.306. The van der Waals surface area contributed by atoms with Crippen molar-refractivity contribution in [2.75, 3.05) is 0 Å². The van der Waals surface area contributed by atoms with Crippen LogP contribution in [0, 0.1) is 0 Å². The molecule has 5 heteroatoms. The summed E-state index contributed by atoms with van der Waals surface area (Å²) in [6.07, 6.45) is 0. The largest absolute Gasteiger partial charge is 0.507 e. The molecule has 2 N–H and O–H groups in total. The zero-order valence-electron chi connectivity index (χ0n) is 6.93. The second-order valence-electron chi connectivity index (χ2n) is 2.48. The lowest BCUT2D eigenvalue weighted by atomic mass is 10.1. The number of phenols is 1. The molecular weight excluding hydrogens is 188 g/mol. The van der Waals surface area contributed by atoms with E-state index in [1.54, 1.807) is 0 Å². The Kier molecular flexibility index (Phi) is 2.62. The summed E-state index contributed by atoms with van der Waals surface area (Å²) in [6, 6.07) is 5.25. The molecule has 0 unspecified atom stereocenters. The maximum Gasteiger partial charge on any atom is 0.380 e. The van der Waals surface area contributed by atoms with Crippen molar-refractivity contribution in [3.63, 3.8) is 0 Å². The lowest BCUT2D eigenvalue weighted by Crippen LogP contribution is -2.23. The van der Waals surface area contributed by atoms with Crippen LogP contribution < -0.4 is 0 Å². The number of carboxylic acid groups (broad SMARTS) is 1. The molecule has 1 aromatic rings. The van der Waals surface area contributed by atoms with Crippen LogP contribution in [0.25, 0.3) is 0 Å². The highest BCUT2D eigenvalue weighted by Crippen LogP contribution is 2.16. The number of ketones is 2. The van der Waals surface area contributed by atoms with E-state index in [-0.39, 0.29) is 5.56 Å². The molecular formula is C9H6O5. The number of benzene rings is 1. The van der Waals surface area contributed by atoms with E-state index in [1.165, 1.54) is 24.3 Å². The van der Waals surface area contributed by atoms with Crippen LogP contribution in [-0.4, -0.2) is 27.7 Å². The fourth-order valence-corrected chi connectivity index (χ4v) is 0.885. The van der Waals surface area contributed by atoms with Crippen molar-refractivity contribution >= 4 is 17.5 Å². The SMILES string of the molecule is O=C(O)C(=O)C(=O)c1ccccc1O. The van der Waals surface area contributed by atoms with Crippen LogP contribution in [-0.2, 0) is 9.59 Å². The standard InChI is InChI=1S/C9H6O5/c10-6-4-2-1-3-5(6)7(11)8(12)9(13)14/h1-4,10H,(H,13,14). The van der Waals surface area contributed by atoms with Crippen LogP contribution in [0.15, 0.2) is 24.3 Å². The Bertz CT molecular complexity index is 407. The minimum Gasteiger partial charge on any atom is -0.507 e. The van der Waals surface area contributed by atoms with E-state index >= 15 is 0 Å². The van der Waals surface area contributed by atoms with Crippen molar-refractivity contribution in [1.29, 1.82) is 0 Å². The Morgan fingerprint density at radius 3 is 2.14 bits per heavy atom. The molecule has 0 aliphatic rings. The Hall–Kier alpha value is -2.17. The first-order valence-corrected chi connectivity index (χ1v) is 3.64. The maximum atomic E-state index is 11.1. The lowest BCUT2D eigenvalue weighted by Gasteiger charge is -1.99. The minimum atomic E-state index is -1.83. The van der Waals surface area contributed by atoms with Gasteiger partial charge in [-0.3, -0.25) is 9.59 Å². The van der Waals surface area contributed by atoms with Gasteiger partial charge in [-0.1, -0.05) is 12.1 Å². The summed E-state index contributed by atoms with van der Waals surface area (Å²) in [5.74, 6) is -5.03. The van der Waals surface area contributed by atoms with Gasteiger partial charge in [-0.2, -0.15) is 0 Å². The van der Waals surface area contributed by atoms with Gasteiger partial charge in [0.1, 0.15) is 5.75 Å². The quantitative estimate of drug-likeness (QED) is 0.408. The van der Waals surface area contributed by atoms with Gasteiger partial charge in [0.05, 0.1) is 5.56 Å². The summed E-state index contributed by atoms with van der Waals surface area (Å²) in [6.45, 7) is 0. The van der Waals surface area contributed by atoms with Crippen LogP contribution in [0.1, 0.15) is 10.4 Å². The molecule has 72 valence electrons. The van der Waals surface area contributed by atoms with Crippen molar-refractivity contribution in [1.82, 2.24) is 0 Å². The highest BCUT2D eigenvalue weighted by Gasteiger charge is 2.25. The van der Waals surface area contributed by atoms with E-state index in [1.807, 2.05) is 0 Å². The number of para-hydroxylation sites is 1. The molecule has 0 fully saturated rings. The van der Waals surface area contributed by atoms with Crippen molar-refractivity contribution in [2.45, 2.75) is 0 Å². The predicted octanol–water partition coefficient (Wildman–Crippen LogP) is 0.229. The van der Waals surface area contributed by atoms with Crippen LogP contribution >= 0.6 is 0 Å². The zero-order chi connectivity index (χ0) is 10.7. The molecule has 0 aliphatic heterocycles. The molecule has 0 amide bonds. The lowest BCUT2D eigenvalue weighted by molar-refractivity contribution is -0.146. The third kappa shape index (κ3) is 1.77. The Balaban J connectivity index is 3.08. The average molecular weight is 194 g/mol. The van der Waals surface area contributed by atoms with Gasteiger partial charge in [-0.15, -0.1) is 0 Å². The number of aliphatic carboxylic acids is 1. The van der Waals surface area contributed by atoms with Crippen LogP contribution in [0.2, 0.25) is 0 Å². The number of carboxylic acids is 1. The molecule has 1 aromatic carbocycles. The highest BCUT2D eigenvalue weighted by atomic mass is 16.4. The number of aromatic hydroxyl groups is 1. The summed E-state index contributed by atoms with van der Waals surface area (Å²) >= 11 is 0. The van der Waals surface area contributed by atoms with Gasteiger partial charge in [0, 0.05) is 0 Å². The van der Waals surface area contributed by atoms with E-state index in [9.17, 15) is 14.4 Å². The van der Waals surface area contributed by atoms with E-state index < -0.39 is 23.3 Å². The third-order valence-corrected chi connectivity index (χ3v) is 1.55. The monoisotopic (exact) mass is 194 g/mol. The van der Waals surface area contributed by atoms with Crippen molar-refractivity contribution in [3.8, 4) is 5.75 Å². The third-order valence-electron chi connectivity index (χ3n) is 1.55.